The summed E-state index contributed by atoms with van der Waals surface area (Å²) < 4.78 is 6.86. The molecular formula is C13H11BrO2. The molecule has 16 heavy (non-hydrogen) atoms. The SMILES string of the molecule is O=C1CCCC2Oc3ccc(Br)cc3C=C12. The fourth-order valence-corrected chi connectivity index (χ4v) is 2.66. The molecule has 1 aliphatic carbocycles. The largest absolute Gasteiger partial charge is 0.485 e. The molecule has 1 aromatic carbocycles. The number of rotatable bonds is 0. The number of hydrogen-bond donors (Lipinski definition) is 0. The molecule has 1 unspecified atom stereocenters. The molecule has 2 aliphatic rings. The summed E-state index contributed by atoms with van der Waals surface area (Å²) in [4.78, 5) is 11.8. The Hall–Kier alpha value is -1.09. The zero-order valence-electron chi connectivity index (χ0n) is 8.70. The number of hydrogen-bond acceptors (Lipinski definition) is 2. The van der Waals surface area contributed by atoms with Crippen molar-refractivity contribution in [2.75, 3.05) is 0 Å². The lowest BCUT2D eigenvalue weighted by atomic mass is 9.87. The van der Waals surface area contributed by atoms with Crippen molar-refractivity contribution >= 4 is 27.8 Å². The van der Waals surface area contributed by atoms with Gasteiger partial charge in [-0.3, -0.25) is 4.79 Å². The number of carbonyl (C=O) groups is 1. The fourth-order valence-electron chi connectivity index (χ4n) is 2.28. The number of Topliss-reactive ketones (excluding diaryl/α,β-unsaturated/α-hetero) is 1. The second kappa shape index (κ2) is 3.74. The van der Waals surface area contributed by atoms with Crippen molar-refractivity contribution in [1.82, 2.24) is 0 Å². The normalized spacial score (nSPS) is 22.9. The monoisotopic (exact) mass is 278 g/mol. The van der Waals surface area contributed by atoms with Gasteiger partial charge in [0.2, 0.25) is 0 Å². The molecule has 1 atom stereocenters. The van der Waals surface area contributed by atoms with Crippen molar-refractivity contribution in [2.45, 2.75) is 25.4 Å². The minimum absolute atomic E-state index is 0.0186. The van der Waals surface area contributed by atoms with Crippen LogP contribution in [0.5, 0.6) is 5.75 Å². The standard InChI is InChI=1S/C13H11BrO2/c14-9-4-5-12-8(6-9)7-10-11(15)2-1-3-13(10)16-12/h4-7,13H,1-3H2. The van der Waals surface area contributed by atoms with Gasteiger partial charge in [-0.15, -0.1) is 0 Å². The minimum atomic E-state index is -0.0186. The quantitative estimate of drug-likeness (QED) is 0.728. The third kappa shape index (κ3) is 1.59. The summed E-state index contributed by atoms with van der Waals surface area (Å²) in [6, 6.07) is 5.90. The number of carbonyl (C=O) groups excluding carboxylic acids is 1. The molecule has 0 aromatic heterocycles. The molecule has 1 saturated carbocycles. The molecule has 82 valence electrons. The maximum absolute atomic E-state index is 11.8. The Labute approximate surface area is 102 Å². The van der Waals surface area contributed by atoms with Gasteiger partial charge in [0.05, 0.1) is 0 Å². The lowest BCUT2D eigenvalue weighted by Gasteiger charge is -2.29. The molecule has 3 heteroatoms. The number of halogens is 1. The Morgan fingerprint density at radius 1 is 1.38 bits per heavy atom. The first kappa shape index (κ1) is 10.1. The average Bonchev–Trinajstić information content (AvgIpc) is 2.28. The maximum atomic E-state index is 11.8. The van der Waals surface area contributed by atoms with Gasteiger partial charge < -0.3 is 4.74 Å². The van der Waals surface area contributed by atoms with Crippen LogP contribution in [-0.2, 0) is 4.79 Å². The molecule has 2 nitrogen and oxygen atoms in total. The number of ketones is 1. The van der Waals surface area contributed by atoms with Crippen molar-refractivity contribution in [3.8, 4) is 5.75 Å². The molecule has 0 amide bonds. The van der Waals surface area contributed by atoms with Crippen LogP contribution in [0.1, 0.15) is 24.8 Å². The smallest absolute Gasteiger partial charge is 0.162 e. The van der Waals surface area contributed by atoms with Crippen LogP contribution in [0.2, 0.25) is 0 Å². The van der Waals surface area contributed by atoms with Crippen molar-refractivity contribution in [2.24, 2.45) is 0 Å². The van der Waals surface area contributed by atoms with Crippen LogP contribution in [0, 0.1) is 0 Å². The topological polar surface area (TPSA) is 26.3 Å². The fraction of sp³-hybridized carbons (Fsp3) is 0.308. The van der Waals surface area contributed by atoms with Gasteiger partial charge in [0, 0.05) is 22.0 Å². The van der Waals surface area contributed by atoms with E-state index < -0.39 is 0 Å². The maximum Gasteiger partial charge on any atom is 0.162 e. The summed E-state index contributed by atoms with van der Waals surface area (Å²) in [6.07, 6.45) is 4.51. The third-order valence-electron chi connectivity index (χ3n) is 3.09. The van der Waals surface area contributed by atoms with Crippen molar-refractivity contribution in [3.05, 3.63) is 33.8 Å². The van der Waals surface area contributed by atoms with E-state index in [1.54, 1.807) is 0 Å². The van der Waals surface area contributed by atoms with E-state index in [4.69, 9.17) is 4.74 Å². The number of ether oxygens (including phenoxy) is 1. The summed E-state index contributed by atoms with van der Waals surface area (Å²) >= 11 is 3.42. The van der Waals surface area contributed by atoms with Gasteiger partial charge in [0.25, 0.3) is 0 Å². The molecular weight excluding hydrogens is 268 g/mol. The van der Waals surface area contributed by atoms with Gasteiger partial charge in [-0.1, -0.05) is 15.9 Å². The second-order valence-corrected chi connectivity index (χ2v) is 5.12. The van der Waals surface area contributed by atoms with Gasteiger partial charge in [0.15, 0.2) is 5.78 Å². The lowest BCUT2D eigenvalue weighted by Crippen LogP contribution is -2.30. The number of benzene rings is 1. The van der Waals surface area contributed by atoms with Gasteiger partial charge in [-0.05, 0) is 37.1 Å². The van der Waals surface area contributed by atoms with E-state index in [-0.39, 0.29) is 11.9 Å². The highest BCUT2D eigenvalue weighted by Crippen LogP contribution is 2.36. The summed E-state index contributed by atoms with van der Waals surface area (Å²) in [5, 5.41) is 0. The highest BCUT2D eigenvalue weighted by atomic mass is 79.9. The first-order valence-corrected chi connectivity index (χ1v) is 6.24. The Morgan fingerprint density at radius 2 is 2.25 bits per heavy atom. The third-order valence-corrected chi connectivity index (χ3v) is 3.58. The Bertz CT molecular complexity index is 491. The molecule has 0 bridgehead atoms. The molecule has 1 aliphatic heterocycles. The van der Waals surface area contributed by atoms with Crippen molar-refractivity contribution in [3.63, 3.8) is 0 Å². The van der Waals surface area contributed by atoms with Crippen LogP contribution in [0.15, 0.2) is 28.2 Å². The Kier molecular flexibility index (Phi) is 2.36. The second-order valence-electron chi connectivity index (χ2n) is 4.20. The van der Waals surface area contributed by atoms with Crippen LogP contribution in [0.4, 0.5) is 0 Å². The van der Waals surface area contributed by atoms with Gasteiger partial charge >= 0.3 is 0 Å². The molecule has 3 rings (SSSR count). The summed E-state index contributed by atoms with van der Waals surface area (Å²) in [5.41, 5.74) is 1.84. The molecule has 0 spiro atoms. The van der Waals surface area contributed by atoms with Crippen LogP contribution < -0.4 is 4.74 Å². The first-order chi connectivity index (χ1) is 7.74. The van der Waals surface area contributed by atoms with E-state index in [2.05, 4.69) is 15.9 Å². The zero-order valence-corrected chi connectivity index (χ0v) is 10.3. The molecule has 1 heterocycles. The summed E-state index contributed by atoms with van der Waals surface area (Å²) in [7, 11) is 0. The summed E-state index contributed by atoms with van der Waals surface area (Å²) in [6.45, 7) is 0. The average molecular weight is 279 g/mol. The lowest BCUT2D eigenvalue weighted by molar-refractivity contribution is -0.117. The highest BCUT2D eigenvalue weighted by molar-refractivity contribution is 9.10. The molecule has 0 saturated heterocycles. The van der Waals surface area contributed by atoms with Crippen LogP contribution in [-0.4, -0.2) is 11.9 Å². The van der Waals surface area contributed by atoms with Crippen LogP contribution in [0.3, 0.4) is 0 Å². The number of fused-ring (bicyclic) bond motifs is 2. The van der Waals surface area contributed by atoms with Crippen LogP contribution in [0.25, 0.3) is 6.08 Å². The molecule has 1 aromatic rings. The first-order valence-electron chi connectivity index (χ1n) is 5.45. The highest BCUT2D eigenvalue weighted by Gasteiger charge is 2.30. The van der Waals surface area contributed by atoms with Gasteiger partial charge in [-0.25, -0.2) is 0 Å². The van der Waals surface area contributed by atoms with Gasteiger partial charge in [-0.2, -0.15) is 0 Å². The van der Waals surface area contributed by atoms with E-state index in [0.717, 1.165) is 34.2 Å². The van der Waals surface area contributed by atoms with Gasteiger partial charge in [0.1, 0.15) is 11.9 Å². The summed E-state index contributed by atoms with van der Waals surface area (Å²) in [5.74, 6) is 1.12. The predicted molar refractivity (Wildman–Crippen MR) is 65.4 cm³/mol. The van der Waals surface area contributed by atoms with Crippen molar-refractivity contribution in [1.29, 1.82) is 0 Å². The molecule has 0 radical (unpaired) electrons. The molecule has 1 fully saturated rings. The minimum Gasteiger partial charge on any atom is -0.485 e. The zero-order chi connectivity index (χ0) is 11.1. The van der Waals surface area contributed by atoms with E-state index in [9.17, 15) is 4.79 Å². The van der Waals surface area contributed by atoms with Crippen LogP contribution >= 0.6 is 15.9 Å². The van der Waals surface area contributed by atoms with Crippen molar-refractivity contribution < 1.29 is 9.53 Å². The predicted octanol–water partition coefficient (Wildman–Crippen LogP) is 3.35. The van der Waals surface area contributed by atoms with E-state index in [1.165, 1.54) is 0 Å². The van der Waals surface area contributed by atoms with E-state index >= 15 is 0 Å². The Morgan fingerprint density at radius 3 is 3.12 bits per heavy atom. The van der Waals surface area contributed by atoms with E-state index in [1.807, 2.05) is 24.3 Å². The van der Waals surface area contributed by atoms with E-state index in [0.29, 0.717) is 6.42 Å². The Balaban J connectivity index is 2.09. The molecule has 0 N–H and O–H groups in total.